The zero-order valence-electron chi connectivity index (χ0n) is 15.8. The number of carbonyl (C=O) groups is 2. The van der Waals surface area contributed by atoms with Gasteiger partial charge in [-0.25, -0.2) is 0 Å². The molecule has 1 aromatic heterocycles. The van der Waals surface area contributed by atoms with E-state index in [4.69, 9.17) is 4.42 Å². The highest BCUT2D eigenvalue weighted by atomic mass is 16.3. The van der Waals surface area contributed by atoms with E-state index in [-0.39, 0.29) is 12.2 Å². The largest absolute Gasteiger partial charge is 0.458 e. The molecule has 0 spiro atoms. The number of para-hydroxylation sites is 1. The SMILES string of the molecule is Cc1ccc(C(=O)CC2(O)C(=O)N(Cc3ccccc3C)c3ccccc32)o1. The molecule has 0 saturated heterocycles. The molecule has 2 aromatic carbocycles. The van der Waals surface area contributed by atoms with E-state index in [0.717, 1.165) is 11.1 Å². The maximum absolute atomic E-state index is 13.3. The van der Waals surface area contributed by atoms with Crippen LogP contribution in [0.3, 0.4) is 0 Å². The Balaban J connectivity index is 1.70. The summed E-state index contributed by atoms with van der Waals surface area (Å²) in [6.45, 7) is 4.06. The average Bonchev–Trinajstić information content (AvgIpc) is 3.20. The molecule has 142 valence electrons. The number of benzene rings is 2. The van der Waals surface area contributed by atoms with Crippen LogP contribution in [0.5, 0.6) is 0 Å². The first-order valence-electron chi connectivity index (χ1n) is 9.18. The summed E-state index contributed by atoms with van der Waals surface area (Å²) >= 11 is 0. The van der Waals surface area contributed by atoms with Crippen molar-refractivity contribution in [1.82, 2.24) is 0 Å². The third kappa shape index (κ3) is 2.94. The van der Waals surface area contributed by atoms with Gasteiger partial charge in [-0.3, -0.25) is 9.59 Å². The van der Waals surface area contributed by atoms with Gasteiger partial charge in [0.1, 0.15) is 5.76 Å². The van der Waals surface area contributed by atoms with Gasteiger partial charge in [0.2, 0.25) is 5.78 Å². The van der Waals surface area contributed by atoms with E-state index in [1.807, 2.05) is 37.3 Å². The van der Waals surface area contributed by atoms with E-state index >= 15 is 0 Å². The second-order valence-corrected chi connectivity index (χ2v) is 7.21. The summed E-state index contributed by atoms with van der Waals surface area (Å²) in [5.41, 5.74) is 1.22. The van der Waals surface area contributed by atoms with E-state index in [9.17, 15) is 14.7 Å². The summed E-state index contributed by atoms with van der Waals surface area (Å²) in [6, 6.07) is 18.1. The number of anilines is 1. The van der Waals surface area contributed by atoms with E-state index in [1.54, 1.807) is 42.2 Å². The van der Waals surface area contributed by atoms with Gasteiger partial charge in [-0.2, -0.15) is 0 Å². The molecule has 0 radical (unpaired) electrons. The van der Waals surface area contributed by atoms with Gasteiger partial charge in [0.25, 0.3) is 5.91 Å². The Morgan fingerprint density at radius 3 is 2.46 bits per heavy atom. The van der Waals surface area contributed by atoms with Gasteiger partial charge < -0.3 is 14.4 Å². The first-order chi connectivity index (χ1) is 13.4. The van der Waals surface area contributed by atoms with Crippen molar-refractivity contribution in [3.05, 3.63) is 88.9 Å². The fourth-order valence-corrected chi connectivity index (χ4v) is 3.70. The number of rotatable bonds is 5. The Hall–Kier alpha value is -3.18. The number of hydrogen-bond donors (Lipinski definition) is 1. The summed E-state index contributed by atoms with van der Waals surface area (Å²) in [6.07, 6.45) is -0.361. The van der Waals surface area contributed by atoms with Gasteiger partial charge >= 0.3 is 0 Å². The molecule has 1 unspecified atom stereocenters. The number of amides is 1. The highest BCUT2D eigenvalue weighted by Gasteiger charge is 2.51. The standard InChI is InChI=1S/C23H21NO4/c1-15-7-3-4-8-17(15)14-24-19-10-6-5-9-18(19)23(27,22(24)26)13-20(25)21-12-11-16(2)28-21/h3-12,27H,13-14H2,1-2H3. The molecule has 1 aliphatic heterocycles. The van der Waals surface area contributed by atoms with Crippen LogP contribution in [0.1, 0.15) is 39.4 Å². The molecule has 28 heavy (non-hydrogen) atoms. The fourth-order valence-electron chi connectivity index (χ4n) is 3.70. The summed E-state index contributed by atoms with van der Waals surface area (Å²) < 4.78 is 5.38. The van der Waals surface area contributed by atoms with Crippen LogP contribution in [0.2, 0.25) is 0 Å². The van der Waals surface area contributed by atoms with Crippen molar-refractivity contribution in [2.45, 2.75) is 32.4 Å². The molecule has 1 aliphatic rings. The van der Waals surface area contributed by atoms with E-state index < -0.39 is 17.3 Å². The van der Waals surface area contributed by atoms with Crippen molar-refractivity contribution in [2.24, 2.45) is 0 Å². The molecule has 5 nitrogen and oxygen atoms in total. The van der Waals surface area contributed by atoms with Gasteiger partial charge in [0, 0.05) is 5.56 Å². The highest BCUT2D eigenvalue weighted by molar-refractivity contribution is 6.10. The molecule has 4 rings (SSSR count). The lowest BCUT2D eigenvalue weighted by Crippen LogP contribution is -2.41. The lowest BCUT2D eigenvalue weighted by Gasteiger charge is -2.23. The molecule has 0 aliphatic carbocycles. The van der Waals surface area contributed by atoms with Crippen molar-refractivity contribution in [3.63, 3.8) is 0 Å². The van der Waals surface area contributed by atoms with Gasteiger partial charge in [-0.05, 0) is 43.2 Å². The molecule has 2 heterocycles. The number of Topliss-reactive ketones (excluding diaryl/α,β-unsaturated/α-hetero) is 1. The van der Waals surface area contributed by atoms with Crippen molar-refractivity contribution >= 4 is 17.4 Å². The van der Waals surface area contributed by atoms with Gasteiger partial charge in [-0.15, -0.1) is 0 Å². The molecule has 0 saturated carbocycles. The lowest BCUT2D eigenvalue weighted by atomic mass is 9.89. The smallest absolute Gasteiger partial charge is 0.264 e. The Bertz CT molecular complexity index is 1070. The third-order valence-electron chi connectivity index (χ3n) is 5.26. The Kier molecular flexibility index (Phi) is 4.40. The van der Waals surface area contributed by atoms with Crippen molar-refractivity contribution in [1.29, 1.82) is 0 Å². The summed E-state index contributed by atoms with van der Waals surface area (Å²) in [7, 11) is 0. The van der Waals surface area contributed by atoms with E-state index in [0.29, 0.717) is 23.6 Å². The van der Waals surface area contributed by atoms with Crippen molar-refractivity contribution in [3.8, 4) is 0 Å². The number of furan rings is 1. The number of aliphatic hydroxyl groups is 1. The van der Waals surface area contributed by atoms with Crippen LogP contribution in [0.15, 0.2) is 65.1 Å². The molecule has 1 amide bonds. The zero-order valence-corrected chi connectivity index (χ0v) is 15.8. The van der Waals surface area contributed by atoms with Gasteiger partial charge in [-0.1, -0.05) is 42.5 Å². The summed E-state index contributed by atoms with van der Waals surface area (Å²) in [5.74, 6) is -0.145. The zero-order chi connectivity index (χ0) is 19.9. The molecular formula is C23H21NO4. The molecule has 1 atom stereocenters. The van der Waals surface area contributed by atoms with Crippen molar-refractivity contribution in [2.75, 3.05) is 4.90 Å². The van der Waals surface area contributed by atoms with Gasteiger partial charge in [0.05, 0.1) is 18.7 Å². The number of hydrogen-bond acceptors (Lipinski definition) is 4. The number of fused-ring (bicyclic) bond motifs is 1. The minimum Gasteiger partial charge on any atom is -0.458 e. The van der Waals surface area contributed by atoms with Crippen LogP contribution in [0, 0.1) is 13.8 Å². The Morgan fingerprint density at radius 1 is 1.04 bits per heavy atom. The van der Waals surface area contributed by atoms with E-state index in [2.05, 4.69) is 0 Å². The monoisotopic (exact) mass is 375 g/mol. The Labute approximate surface area is 163 Å². The average molecular weight is 375 g/mol. The normalized spacial score (nSPS) is 18.4. The molecule has 3 aromatic rings. The van der Waals surface area contributed by atoms with Crippen LogP contribution >= 0.6 is 0 Å². The molecule has 5 heteroatoms. The number of ketones is 1. The van der Waals surface area contributed by atoms with Crippen LogP contribution in [-0.4, -0.2) is 16.8 Å². The van der Waals surface area contributed by atoms with Gasteiger partial charge in [0.15, 0.2) is 11.4 Å². The molecule has 1 N–H and O–H groups in total. The summed E-state index contributed by atoms with van der Waals surface area (Å²) in [4.78, 5) is 27.5. The highest BCUT2D eigenvalue weighted by Crippen LogP contribution is 2.43. The molecular weight excluding hydrogens is 354 g/mol. The number of carbonyl (C=O) groups excluding carboxylic acids is 2. The van der Waals surface area contributed by atoms with Crippen LogP contribution in [0.25, 0.3) is 0 Å². The third-order valence-corrected chi connectivity index (χ3v) is 5.26. The minimum absolute atomic E-state index is 0.147. The quantitative estimate of drug-likeness (QED) is 0.687. The molecule has 0 fully saturated rings. The summed E-state index contributed by atoms with van der Waals surface area (Å²) in [5, 5.41) is 11.3. The number of aryl methyl sites for hydroxylation is 2. The predicted octanol–water partition coefficient (Wildman–Crippen LogP) is 3.90. The van der Waals surface area contributed by atoms with Crippen LogP contribution < -0.4 is 4.90 Å². The fraction of sp³-hybridized carbons (Fsp3) is 0.217. The minimum atomic E-state index is -1.91. The van der Waals surface area contributed by atoms with Crippen LogP contribution in [0.4, 0.5) is 5.69 Å². The second kappa shape index (κ2) is 6.77. The topological polar surface area (TPSA) is 70.8 Å². The number of nitrogens with zero attached hydrogens (tertiary/aromatic N) is 1. The Morgan fingerprint density at radius 2 is 1.75 bits per heavy atom. The maximum atomic E-state index is 13.3. The van der Waals surface area contributed by atoms with Crippen molar-refractivity contribution < 1.29 is 19.1 Å². The first-order valence-corrected chi connectivity index (χ1v) is 9.18. The molecule has 0 bridgehead atoms. The van der Waals surface area contributed by atoms with E-state index in [1.165, 1.54) is 0 Å². The maximum Gasteiger partial charge on any atom is 0.264 e. The first kappa shape index (κ1) is 18.2. The predicted molar refractivity (Wildman–Crippen MR) is 105 cm³/mol. The van der Waals surface area contributed by atoms with Crippen LogP contribution in [-0.2, 0) is 16.9 Å². The lowest BCUT2D eigenvalue weighted by molar-refractivity contribution is -0.136. The second-order valence-electron chi connectivity index (χ2n) is 7.21.